The molecular weight excluding hydrogens is 508 g/mol. The minimum absolute atomic E-state index is 0.0736. The number of ketones is 1. The lowest BCUT2D eigenvalue weighted by atomic mass is 9.89. The Hall–Kier alpha value is -3.79. The van der Waals surface area contributed by atoms with Crippen molar-refractivity contribution in [2.75, 3.05) is 26.2 Å². The third-order valence-corrected chi connectivity index (χ3v) is 8.59. The van der Waals surface area contributed by atoms with Gasteiger partial charge in [0.1, 0.15) is 0 Å². The van der Waals surface area contributed by atoms with Crippen molar-refractivity contribution in [3.8, 4) is 6.07 Å². The van der Waals surface area contributed by atoms with Crippen LogP contribution in [0.5, 0.6) is 0 Å². The minimum Gasteiger partial charge on any atom is -0.349 e. The summed E-state index contributed by atoms with van der Waals surface area (Å²) in [6.07, 6.45) is 4.48. The molecule has 3 aromatic carbocycles. The summed E-state index contributed by atoms with van der Waals surface area (Å²) in [5.74, 6) is 0.515. The van der Waals surface area contributed by atoms with Crippen molar-refractivity contribution in [1.29, 1.82) is 5.26 Å². The number of likely N-dealkylation sites (tertiary alicyclic amines) is 2. The molecular formula is C35H40N4O2. The maximum Gasteiger partial charge on any atom is 0.251 e. The van der Waals surface area contributed by atoms with Gasteiger partial charge in [0.15, 0.2) is 5.78 Å². The first-order valence-electron chi connectivity index (χ1n) is 14.9. The average Bonchev–Trinajstić information content (AvgIpc) is 3.00. The Kier molecular flexibility index (Phi) is 9.61. The largest absolute Gasteiger partial charge is 0.349 e. The minimum atomic E-state index is -0.0736. The number of hydrogen-bond donors (Lipinski definition) is 1. The molecule has 2 saturated heterocycles. The summed E-state index contributed by atoms with van der Waals surface area (Å²) in [5, 5.41) is 12.2. The number of benzene rings is 3. The summed E-state index contributed by atoms with van der Waals surface area (Å²) in [6, 6.07) is 26.0. The molecule has 0 bridgehead atoms. The molecule has 1 amide bonds. The number of rotatable bonds is 9. The number of carbonyl (C=O) groups excluding carboxylic acids is 2. The van der Waals surface area contributed by atoms with Gasteiger partial charge in [0.05, 0.1) is 11.6 Å². The number of Topliss-reactive ketones (excluding diaryl/α,β-unsaturated/α-hetero) is 1. The van der Waals surface area contributed by atoms with Gasteiger partial charge in [-0.15, -0.1) is 0 Å². The van der Waals surface area contributed by atoms with Crippen molar-refractivity contribution in [3.05, 3.63) is 106 Å². The van der Waals surface area contributed by atoms with Crippen LogP contribution in [0.2, 0.25) is 0 Å². The fourth-order valence-electron chi connectivity index (χ4n) is 5.93. The molecule has 0 radical (unpaired) electrons. The molecule has 1 N–H and O–H groups in total. The number of amides is 1. The molecule has 5 rings (SSSR count). The van der Waals surface area contributed by atoms with Crippen LogP contribution in [0.4, 0.5) is 0 Å². The first kappa shape index (κ1) is 28.7. The van der Waals surface area contributed by atoms with Crippen LogP contribution in [-0.2, 0) is 13.1 Å². The van der Waals surface area contributed by atoms with Crippen LogP contribution in [0.1, 0.15) is 75.1 Å². The highest BCUT2D eigenvalue weighted by atomic mass is 16.1. The first-order valence-corrected chi connectivity index (χ1v) is 14.9. The summed E-state index contributed by atoms with van der Waals surface area (Å²) in [5.41, 5.74) is 5.81. The maximum absolute atomic E-state index is 13.0. The number of nitriles is 1. The van der Waals surface area contributed by atoms with Gasteiger partial charge in [-0.05, 0) is 87.0 Å². The van der Waals surface area contributed by atoms with E-state index in [1.165, 1.54) is 16.7 Å². The van der Waals surface area contributed by atoms with Gasteiger partial charge in [0, 0.05) is 49.8 Å². The van der Waals surface area contributed by atoms with Crippen molar-refractivity contribution >= 4 is 11.7 Å². The van der Waals surface area contributed by atoms with E-state index >= 15 is 0 Å². The third-order valence-electron chi connectivity index (χ3n) is 8.59. The molecule has 0 spiro atoms. The zero-order chi connectivity index (χ0) is 28.6. The second kappa shape index (κ2) is 13.7. The van der Waals surface area contributed by atoms with Crippen LogP contribution in [0.3, 0.4) is 0 Å². The van der Waals surface area contributed by atoms with E-state index in [0.29, 0.717) is 29.0 Å². The van der Waals surface area contributed by atoms with Crippen LogP contribution in [0, 0.1) is 24.2 Å². The Bertz CT molecular complexity index is 1340. The number of hydrogen-bond acceptors (Lipinski definition) is 5. The van der Waals surface area contributed by atoms with Gasteiger partial charge in [0.2, 0.25) is 0 Å². The molecule has 6 heteroatoms. The highest BCUT2D eigenvalue weighted by Crippen LogP contribution is 2.24. The predicted molar refractivity (Wildman–Crippen MR) is 161 cm³/mol. The normalized spacial score (nSPS) is 17.2. The molecule has 212 valence electrons. The average molecular weight is 549 g/mol. The molecule has 41 heavy (non-hydrogen) atoms. The van der Waals surface area contributed by atoms with Crippen LogP contribution >= 0.6 is 0 Å². The number of carbonyl (C=O) groups is 2. The van der Waals surface area contributed by atoms with Crippen LogP contribution in [0.25, 0.3) is 0 Å². The lowest BCUT2D eigenvalue weighted by Crippen LogP contribution is -2.44. The van der Waals surface area contributed by atoms with Crippen LogP contribution in [-0.4, -0.2) is 53.7 Å². The van der Waals surface area contributed by atoms with E-state index < -0.39 is 0 Å². The molecule has 2 aliphatic heterocycles. The van der Waals surface area contributed by atoms with Crippen LogP contribution in [0.15, 0.2) is 72.8 Å². The fraction of sp³-hybridized carbons (Fsp3) is 0.400. The van der Waals surface area contributed by atoms with Gasteiger partial charge in [0.25, 0.3) is 5.91 Å². The zero-order valence-corrected chi connectivity index (χ0v) is 24.0. The van der Waals surface area contributed by atoms with Gasteiger partial charge in [-0.25, -0.2) is 0 Å². The summed E-state index contributed by atoms with van der Waals surface area (Å²) in [7, 11) is 0. The van der Waals surface area contributed by atoms with E-state index in [1.807, 2.05) is 36.4 Å². The Morgan fingerprint density at radius 2 is 1.27 bits per heavy atom. The Morgan fingerprint density at radius 1 is 0.756 bits per heavy atom. The number of piperidine rings is 2. The molecule has 6 nitrogen and oxygen atoms in total. The van der Waals surface area contributed by atoms with Gasteiger partial charge in [-0.1, -0.05) is 54.1 Å². The summed E-state index contributed by atoms with van der Waals surface area (Å²) < 4.78 is 0. The maximum atomic E-state index is 13.0. The van der Waals surface area contributed by atoms with Crippen molar-refractivity contribution in [1.82, 2.24) is 15.1 Å². The Morgan fingerprint density at radius 3 is 1.83 bits per heavy atom. The number of nitrogens with one attached hydrogen (secondary N) is 1. The van der Waals surface area contributed by atoms with Crippen molar-refractivity contribution in [2.45, 2.75) is 58.2 Å². The van der Waals surface area contributed by atoms with Crippen molar-refractivity contribution in [3.63, 3.8) is 0 Å². The van der Waals surface area contributed by atoms with E-state index in [4.69, 9.17) is 5.26 Å². The molecule has 0 aromatic heterocycles. The second-order valence-electron chi connectivity index (χ2n) is 11.7. The Labute approximate surface area is 244 Å². The van der Waals surface area contributed by atoms with Gasteiger partial charge in [-0.2, -0.15) is 5.26 Å². The Balaban J connectivity index is 1.02. The van der Waals surface area contributed by atoms with Crippen molar-refractivity contribution in [2.24, 2.45) is 5.92 Å². The molecule has 0 saturated carbocycles. The molecule has 2 aliphatic rings. The number of nitrogens with zero attached hydrogens (tertiary/aromatic N) is 3. The monoisotopic (exact) mass is 548 g/mol. The van der Waals surface area contributed by atoms with E-state index in [9.17, 15) is 9.59 Å². The lowest BCUT2D eigenvalue weighted by molar-refractivity contribution is 0.0902. The first-order chi connectivity index (χ1) is 19.9. The smallest absolute Gasteiger partial charge is 0.251 e. The van der Waals surface area contributed by atoms with E-state index in [2.05, 4.69) is 52.4 Å². The van der Waals surface area contributed by atoms with Gasteiger partial charge < -0.3 is 5.32 Å². The summed E-state index contributed by atoms with van der Waals surface area (Å²) >= 11 is 0. The quantitative estimate of drug-likeness (QED) is 0.345. The zero-order valence-electron chi connectivity index (χ0n) is 24.0. The third kappa shape index (κ3) is 8.13. The molecule has 2 heterocycles. The van der Waals surface area contributed by atoms with Crippen LogP contribution < -0.4 is 5.32 Å². The lowest BCUT2D eigenvalue weighted by Gasteiger charge is -2.32. The fourth-order valence-corrected chi connectivity index (χ4v) is 5.93. The number of aryl methyl sites for hydroxylation is 1. The van der Waals surface area contributed by atoms with E-state index in [0.717, 1.165) is 65.0 Å². The van der Waals surface area contributed by atoms with Gasteiger partial charge >= 0.3 is 0 Å². The molecule has 0 atom stereocenters. The summed E-state index contributed by atoms with van der Waals surface area (Å²) in [6.45, 7) is 7.84. The molecule has 0 unspecified atom stereocenters. The molecule has 3 aromatic rings. The second-order valence-corrected chi connectivity index (χ2v) is 11.7. The highest BCUT2D eigenvalue weighted by molar-refractivity contribution is 5.99. The van der Waals surface area contributed by atoms with Gasteiger partial charge in [-0.3, -0.25) is 19.4 Å². The molecule has 0 aliphatic carbocycles. The predicted octanol–water partition coefficient (Wildman–Crippen LogP) is 5.75. The SMILES string of the molecule is Cc1ccc(CN2CCC(CC(=O)c3ccc(C(=O)NC4CCN(Cc5ccc(C#N)cc5)CC4)cc3)CC2)cc1. The highest BCUT2D eigenvalue weighted by Gasteiger charge is 2.23. The molecule has 2 fully saturated rings. The topological polar surface area (TPSA) is 76.4 Å². The van der Waals surface area contributed by atoms with E-state index in [-0.39, 0.29) is 17.7 Å². The standard InChI is InChI=1S/C35H40N4O2/c1-26-2-4-29(5-3-26)24-38-18-14-27(15-19-38)22-34(40)31-10-12-32(13-11-31)35(41)37-33-16-20-39(21-17-33)25-30-8-6-28(23-36)7-9-30/h2-13,27,33H,14-22,24-25H2,1H3,(H,37,41). The van der Waals surface area contributed by atoms with E-state index in [1.54, 1.807) is 12.1 Å². The van der Waals surface area contributed by atoms with Crippen molar-refractivity contribution < 1.29 is 9.59 Å². The summed E-state index contributed by atoms with van der Waals surface area (Å²) in [4.78, 5) is 30.7.